The fourth-order valence-corrected chi connectivity index (χ4v) is 1.93. The lowest BCUT2D eigenvalue weighted by atomic mass is 10.1. The Kier molecular flexibility index (Phi) is 5.55. The molecule has 2 heterocycles. The number of aromatic nitrogens is 3. The Hall–Kier alpha value is -3.43. The molecule has 3 rings (SSSR count). The van der Waals surface area contributed by atoms with Gasteiger partial charge in [0.15, 0.2) is 0 Å². The van der Waals surface area contributed by atoms with E-state index in [1.807, 2.05) is 30.3 Å². The van der Waals surface area contributed by atoms with E-state index >= 15 is 0 Å². The van der Waals surface area contributed by atoms with Gasteiger partial charge in [0, 0.05) is 23.2 Å². The number of hydrogen-bond acceptors (Lipinski definition) is 6. The number of nitrogen functional groups attached to an aromatic ring is 1. The van der Waals surface area contributed by atoms with Crippen LogP contribution in [0.15, 0.2) is 42.6 Å². The highest BCUT2D eigenvalue weighted by atomic mass is 19.4. The number of halogens is 3. The number of carboxylic acids is 1. The minimum Gasteiger partial charge on any atom is -0.481 e. The maximum Gasteiger partial charge on any atom is 0.490 e. The van der Waals surface area contributed by atoms with Gasteiger partial charge in [-0.15, -0.1) is 0 Å². The summed E-state index contributed by atoms with van der Waals surface area (Å²) in [6.07, 6.45) is -3.31. The highest BCUT2D eigenvalue weighted by Crippen LogP contribution is 2.24. The maximum absolute atomic E-state index is 10.6. The number of aliphatic carboxylic acids is 1. The highest BCUT2D eigenvalue weighted by Gasteiger charge is 2.38. The average Bonchev–Trinajstić information content (AvgIpc) is 2.60. The minimum absolute atomic E-state index is 0.195. The zero-order valence-electron chi connectivity index (χ0n) is 13.4. The second-order valence-corrected chi connectivity index (χ2v) is 4.87. The first-order chi connectivity index (χ1) is 12.2. The summed E-state index contributed by atoms with van der Waals surface area (Å²) >= 11 is 0. The summed E-state index contributed by atoms with van der Waals surface area (Å²) in [6, 6.07) is 11.6. The lowest BCUT2D eigenvalue weighted by Gasteiger charge is -2.06. The van der Waals surface area contributed by atoms with E-state index in [4.69, 9.17) is 20.4 Å². The third kappa shape index (κ3) is 4.79. The van der Waals surface area contributed by atoms with Gasteiger partial charge >= 0.3 is 12.1 Å². The third-order valence-electron chi connectivity index (χ3n) is 3.07. The number of methoxy groups -OCH3 is 1. The zero-order chi connectivity index (χ0) is 19.3. The van der Waals surface area contributed by atoms with E-state index in [0.29, 0.717) is 5.88 Å². The summed E-state index contributed by atoms with van der Waals surface area (Å²) in [5.74, 6) is -2.11. The van der Waals surface area contributed by atoms with Gasteiger partial charge in [0.1, 0.15) is 0 Å². The number of ether oxygens (including phenoxy) is 1. The summed E-state index contributed by atoms with van der Waals surface area (Å²) in [5, 5.41) is 8.18. The summed E-state index contributed by atoms with van der Waals surface area (Å²) < 4.78 is 36.8. The molecule has 0 amide bonds. The fraction of sp³-hybridized carbons (Fsp3) is 0.125. The Bertz CT molecular complexity index is 932. The largest absolute Gasteiger partial charge is 0.490 e. The topological polar surface area (TPSA) is 111 Å². The summed E-state index contributed by atoms with van der Waals surface area (Å²) in [6.45, 7) is 0. The number of carboxylic acid groups (broad SMARTS) is 1. The van der Waals surface area contributed by atoms with Crippen LogP contribution in [0.1, 0.15) is 0 Å². The average molecular weight is 366 g/mol. The number of benzene rings is 1. The van der Waals surface area contributed by atoms with Crippen molar-refractivity contribution < 1.29 is 27.8 Å². The van der Waals surface area contributed by atoms with Gasteiger partial charge in [-0.25, -0.2) is 9.78 Å². The van der Waals surface area contributed by atoms with Crippen LogP contribution in [0.4, 0.5) is 19.1 Å². The molecule has 136 valence electrons. The molecule has 0 fully saturated rings. The molecule has 1 aromatic carbocycles. The van der Waals surface area contributed by atoms with Crippen molar-refractivity contribution in [2.45, 2.75) is 6.18 Å². The number of hydrogen-bond donors (Lipinski definition) is 2. The minimum atomic E-state index is -5.08. The number of pyridine rings is 1. The number of carbonyl (C=O) groups is 1. The molecular weight excluding hydrogens is 353 g/mol. The molecule has 0 atom stereocenters. The normalized spacial score (nSPS) is 10.8. The van der Waals surface area contributed by atoms with E-state index in [0.717, 1.165) is 22.2 Å². The predicted molar refractivity (Wildman–Crippen MR) is 87.4 cm³/mol. The maximum atomic E-state index is 10.6. The van der Waals surface area contributed by atoms with E-state index in [-0.39, 0.29) is 5.95 Å². The first-order valence-corrected chi connectivity index (χ1v) is 7.04. The van der Waals surface area contributed by atoms with Crippen molar-refractivity contribution in [2.75, 3.05) is 12.8 Å². The van der Waals surface area contributed by atoms with Gasteiger partial charge in [-0.3, -0.25) is 4.98 Å². The number of alkyl halides is 3. The molecule has 0 unspecified atom stereocenters. The first kappa shape index (κ1) is 18.9. The summed E-state index contributed by atoms with van der Waals surface area (Å²) in [4.78, 5) is 21.4. The van der Waals surface area contributed by atoms with Gasteiger partial charge in [-0.1, -0.05) is 12.1 Å². The van der Waals surface area contributed by atoms with Crippen molar-refractivity contribution >= 4 is 22.8 Å². The van der Waals surface area contributed by atoms with E-state index in [9.17, 15) is 13.2 Å². The SMILES string of the molecule is COc1cc(-c2ccc3ncccc3c2)nc(N)n1.O=C(O)C(F)(F)F. The molecule has 3 aromatic rings. The van der Waals surface area contributed by atoms with Crippen molar-refractivity contribution in [1.82, 2.24) is 15.0 Å². The molecule has 3 N–H and O–H groups in total. The molecule has 7 nitrogen and oxygen atoms in total. The molecule has 0 aliphatic rings. The van der Waals surface area contributed by atoms with E-state index in [1.54, 1.807) is 19.4 Å². The van der Waals surface area contributed by atoms with Crippen molar-refractivity contribution in [3.8, 4) is 17.1 Å². The van der Waals surface area contributed by atoms with Gasteiger partial charge < -0.3 is 15.6 Å². The summed E-state index contributed by atoms with van der Waals surface area (Å²) in [7, 11) is 1.55. The Morgan fingerprint density at radius 2 is 1.88 bits per heavy atom. The van der Waals surface area contributed by atoms with Crippen LogP contribution in [-0.4, -0.2) is 39.3 Å². The number of fused-ring (bicyclic) bond motifs is 1. The second kappa shape index (κ2) is 7.64. The molecule has 26 heavy (non-hydrogen) atoms. The highest BCUT2D eigenvalue weighted by molar-refractivity contribution is 5.83. The summed E-state index contributed by atoms with van der Waals surface area (Å²) in [5.41, 5.74) is 8.30. The number of anilines is 1. The lowest BCUT2D eigenvalue weighted by Crippen LogP contribution is -2.21. The molecule has 0 aliphatic heterocycles. The van der Waals surface area contributed by atoms with E-state index < -0.39 is 12.1 Å². The second-order valence-electron chi connectivity index (χ2n) is 4.87. The molecule has 0 saturated carbocycles. The van der Waals surface area contributed by atoms with Crippen LogP contribution in [0, 0.1) is 0 Å². The van der Waals surface area contributed by atoms with Gasteiger partial charge in [-0.2, -0.15) is 18.2 Å². The monoisotopic (exact) mass is 366 g/mol. The van der Waals surface area contributed by atoms with Gasteiger partial charge in [0.2, 0.25) is 11.8 Å². The number of nitrogens with two attached hydrogens (primary N) is 1. The van der Waals surface area contributed by atoms with Crippen LogP contribution in [0.25, 0.3) is 22.2 Å². The van der Waals surface area contributed by atoms with Crippen LogP contribution >= 0.6 is 0 Å². The van der Waals surface area contributed by atoms with Crippen molar-refractivity contribution in [3.63, 3.8) is 0 Å². The van der Waals surface area contributed by atoms with Crippen molar-refractivity contribution in [2.24, 2.45) is 0 Å². The molecule has 10 heteroatoms. The van der Waals surface area contributed by atoms with E-state index in [1.165, 1.54) is 0 Å². The fourth-order valence-electron chi connectivity index (χ4n) is 1.93. The van der Waals surface area contributed by atoms with Crippen LogP contribution < -0.4 is 10.5 Å². The molecule has 0 radical (unpaired) electrons. The number of nitrogens with zero attached hydrogens (tertiary/aromatic N) is 3. The zero-order valence-corrected chi connectivity index (χ0v) is 13.4. The van der Waals surface area contributed by atoms with Gasteiger partial charge in [0.25, 0.3) is 0 Å². The standard InChI is InChI=1S/C14H12N4O.C2HF3O2/c1-19-13-8-12(17-14(15)18-13)10-4-5-11-9(7-10)3-2-6-16-11;3-2(4,5)1(6)7/h2-8H,1H3,(H2,15,17,18);(H,6,7). The lowest BCUT2D eigenvalue weighted by molar-refractivity contribution is -0.192. The number of rotatable bonds is 2. The Morgan fingerprint density at radius 1 is 1.19 bits per heavy atom. The van der Waals surface area contributed by atoms with Crippen LogP contribution in [0.2, 0.25) is 0 Å². The molecule has 2 aromatic heterocycles. The first-order valence-electron chi connectivity index (χ1n) is 7.04. The molecule has 0 aliphatic carbocycles. The van der Waals surface area contributed by atoms with Crippen LogP contribution in [0.3, 0.4) is 0 Å². The molecular formula is C16H13F3N4O3. The third-order valence-corrected chi connectivity index (χ3v) is 3.07. The Morgan fingerprint density at radius 3 is 2.50 bits per heavy atom. The van der Waals surface area contributed by atoms with Crippen LogP contribution in [0.5, 0.6) is 5.88 Å². The quantitative estimate of drug-likeness (QED) is 0.717. The van der Waals surface area contributed by atoms with E-state index in [2.05, 4.69) is 15.0 Å². The Labute approximate surface area is 145 Å². The predicted octanol–water partition coefficient (Wildman–Crippen LogP) is 2.92. The van der Waals surface area contributed by atoms with Gasteiger partial charge in [-0.05, 0) is 18.2 Å². The molecule has 0 saturated heterocycles. The van der Waals surface area contributed by atoms with Crippen molar-refractivity contribution in [1.29, 1.82) is 0 Å². The smallest absolute Gasteiger partial charge is 0.481 e. The van der Waals surface area contributed by atoms with Crippen molar-refractivity contribution in [3.05, 3.63) is 42.6 Å². The molecule has 0 bridgehead atoms. The van der Waals surface area contributed by atoms with Gasteiger partial charge in [0.05, 0.1) is 18.3 Å². The van der Waals surface area contributed by atoms with Crippen LogP contribution in [-0.2, 0) is 4.79 Å². The Balaban J connectivity index is 0.000000298. The molecule has 0 spiro atoms.